The number of ether oxygens (including phenoxy) is 3. The fourth-order valence-electron chi connectivity index (χ4n) is 5.54. The Morgan fingerprint density at radius 3 is 1.56 bits per heavy atom. The molecule has 1 aliphatic heterocycles. The molecule has 5 aromatic rings. The summed E-state index contributed by atoms with van der Waals surface area (Å²) in [5, 5.41) is 1.21. The number of aryl methyl sites for hydroxylation is 2. The molecule has 0 aromatic heterocycles. The number of halogens is 2. The number of hydrogen-bond acceptors (Lipinski definition) is 6. The molecular weight excluding hydrogens is 647 g/mol. The molecule has 0 aliphatic carbocycles. The quantitative estimate of drug-likeness (QED) is 0.0927. The van der Waals surface area contributed by atoms with Gasteiger partial charge in [0.05, 0.1) is 5.56 Å². The number of hydrogen-bond donors (Lipinski definition) is 0. The number of rotatable bonds is 8. The first-order valence-corrected chi connectivity index (χ1v) is 15.7. The molecule has 6 nitrogen and oxygen atoms in total. The van der Waals surface area contributed by atoms with Crippen molar-refractivity contribution in [2.45, 2.75) is 19.4 Å². The lowest BCUT2D eigenvalue weighted by atomic mass is 9.79. The normalized spacial score (nSPS) is 15.4. The zero-order chi connectivity index (χ0) is 33.8. The molecule has 0 saturated carbocycles. The summed E-state index contributed by atoms with van der Waals surface area (Å²) < 4.78 is 17.5. The first kappa shape index (κ1) is 32.5. The smallest absolute Gasteiger partial charge is 0.340 e. The van der Waals surface area contributed by atoms with Gasteiger partial charge in [0.15, 0.2) is 5.60 Å². The van der Waals surface area contributed by atoms with E-state index in [0.29, 0.717) is 54.9 Å². The van der Waals surface area contributed by atoms with Gasteiger partial charge >= 0.3 is 17.9 Å². The first-order chi connectivity index (χ1) is 23.1. The third-order valence-corrected chi connectivity index (χ3v) is 8.42. The zero-order valence-electron chi connectivity index (χ0n) is 25.9. The molecule has 0 N–H and O–H groups in total. The number of esters is 3. The minimum absolute atomic E-state index is 0.363. The van der Waals surface area contributed by atoms with Crippen molar-refractivity contribution < 1.29 is 28.6 Å². The van der Waals surface area contributed by atoms with E-state index in [1.54, 1.807) is 97.1 Å². The third-order valence-electron chi connectivity index (χ3n) is 7.92. The summed E-state index contributed by atoms with van der Waals surface area (Å²) in [5.74, 6) is -0.829. The van der Waals surface area contributed by atoms with E-state index >= 15 is 0 Å². The Morgan fingerprint density at radius 1 is 0.646 bits per heavy atom. The van der Waals surface area contributed by atoms with Crippen molar-refractivity contribution in [3.8, 4) is 11.5 Å². The van der Waals surface area contributed by atoms with Gasteiger partial charge in [-0.3, -0.25) is 0 Å². The van der Waals surface area contributed by atoms with Crippen LogP contribution < -0.4 is 9.47 Å². The summed E-state index contributed by atoms with van der Waals surface area (Å²) in [4.78, 5) is 38.6. The van der Waals surface area contributed by atoms with Gasteiger partial charge in [-0.05, 0) is 103 Å². The van der Waals surface area contributed by atoms with Gasteiger partial charge in [-0.1, -0.05) is 77.8 Å². The molecule has 0 fully saturated rings. The van der Waals surface area contributed by atoms with Crippen molar-refractivity contribution in [3.05, 3.63) is 176 Å². The molecule has 8 heteroatoms. The maximum absolute atomic E-state index is 13.2. The molecule has 1 aliphatic rings. The van der Waals surface area contributed by atoms with Crippen molar-refractivity contribution in [2.75, 3.05) is 0 Å². The van der Waals surface area contributed by atoms with Crippen molar-refractivity contribution >= 4 is 53.3 Å². The zero-order valence-corrected chi connectivity index (χ0v) is 27.4. The van der Waals surface area contributed by atoms with E-state index in [2.05, 4.69) is 0 Å². The fraction of sp³-hybridized carbons (Fsp3) is 0.0750. The molecule has 1 heterocycles. The van der Waals surface area contributed by atoms with Crippen molar-refractivity contribution in [1.29, 1.82) is 0 Å². The van der Waals surface area contributed by atoms with E-state index in [1.165, 1.54) is 12.2 Å². The summed E-state index contributed by atoms with van der Waals surface area (Å²) >= 11 is 11.9. The van der Waals surface area contributed by atoms with Gasteiger partial charge < -0.3 is 14.2 Å². The second-order valence-corrected chi connectivity index (χ2v) is 12.1. The van der Waals surface area contributed by atoms with Crippen LogP contribution >= 0.6 is 23.2 Å². The number of fused-ring (bicyclic) bond motifs is 1. The highest BCUT2D eigenvalue weighted by Crippen LogP contribution is 2.48. The lowest BCUT2D eigenvalue weighted by Crippen LogP contribution is -2.30. The minimum atomic E-state index is -1.31. The van der Waals surface area contributed by atoms with E-state index < -0.39 is 23.5 Å². The van der Waals surface area contributed by atoms with E-state index in [1.807, 2.05) is 38.1 Å². The molecule has 0 amide bonds. The van der Waals surface area contributed by atoms with Gasteiger partial charge in [0.2, 0.25) is 0 Å². The van der Waals surface area contributed by atoms with E-state index in [-0.39, 0.29) is 0 Å². The van der Waals surface area contributed by atoms with Crippen molar-refractivity contribution in [2.24, 2.45) is 0 Å². The van der Waals surface area contributed by atoms with Crippen LogP contribution in [0.2, 0.25) is 10.0 Å². The van der Waals surface area contributed by atoms with Crippen LogP contribution in [0.4, 0.5) is 0 Å². The highest BCUT2D eigenvalue weighted by atomic mass is 35.5. The molecule has 0 radical (unpaired) electrons. The van der Waals surface area contributed by atoms with Crippen LogP contribution in [0.25, 0.3) is 12.2 Å². The number of benzene rings is 5. The molecule has 0 saturated heterocycles. The average molecular weight is 676 g/mol. The molecule has 238 valence electrons. The summed E-state index contributed by atoms with van der Waals surface area (Å²) in [5.41, 5.74) is 4.05. The van der Waals surface area contributed by atoms with Crippen LogP contribution in [0.5, 0.6) is 11.5 Å². The summed E-state index contributed by atoms with van der Waals surface area (Å²) in [6, 6.07) is 32.0. The Bertz CT molecular complexity index is 1980. The molecule has 6 rings (SSSR count). The van der Waals surface area contributed by atoms with Gasteiger partial charge in [-0.25, -0.2) is 14.4 Å². The lowest BCUT2D eigenvalue weighted by molar-refractivity contribution is -0.129. The van der Waals surface area contributed by atoms with Crippen molar-refractivity contribution in [3.63, 3.8) is 0 Å². The second-order valence-electron chi connectivity index (χ2n) is 11.2. The topological polar surface area (TPSA) is 78.9 Å². The van der Waals surface area contributed by atoms with Crippen LogP contribution in [0.3, 0.4) is 0 Å². The highest BCUT2D eigenvalue weighted by Gasteiger charge is 2.48. The van der Waals surface area contributed by atoms with Crippen molar-refractivity contribution in [1.82, 2.24) is 0 Å². The van der Waals surface area contributed by atoms with E-state index in [4.69, 9.17) is 37.4 Å². The standard InChI is InChI=1S/C40H28Cl2O6/c1-25-23-29(13-19-35(25)46-37(43)21-11-27-7-15-31(41)16-8-27)40(34-6-4-3-5-33(34)39(45)48-40)30-14-20-36(26(2)24-30)47-38(44)22-12-28-9-17-32(42)18-10-28/h3-24H,1-2H3. The van der Waals surface area contributed by atoms with Gasteiger partial charge in [-0.2, -0.15) is 0 Å². The van der Waals surface area contributed by atoms with E-state index in [0.717, 1.165) is 11.1 Å². The largest absolute Gasteiger partial charge is 0.441 e. The van der Waals surface area contributed by atoms with Crippen LogP contribution in [-0.2, 0) is 19.9 Å². The molecule has 0 spiro atoms. The maximum Gasteiger partial charge on any atom is 0.340 e. The first-order valence-electron chi connectivity index (χ1n) is 15.0. The SMILES string of the molecule is Cc1cc(C2(c3ccc(OC(=O)C=Cc4ccc(Cl)cc4)c(C)c3)OC(=O)c3ccccc32)ccc1OC(=O)C=Cc1ccc(Cl)cc1. The monoisotopic (exact) mass is 674 g/mol. The predicted molar refractivity (Wildman–Crippen MR) is 186 cm³/mol. The summed E-state index contributed by atoms with van der Waals surface area (Å²) in [7, 11) is 0. The Labute approximate surface area is 287 Å². The van der Waals surface area contributed by atoms with Gasteiger partial charge in [0, 0.05) is 38.9 Å². The van der Waals surface area contributed by atoms with Crippen LogP contribution in [0, 0.1) is 13.8 Å². The van der Waals surface area contributed by atoms with Crippen LogP contribution in [-0.4, -0.2) is 17.9 Å². The predicted octanol–water partition coefficient (Wildman–Crippen LogP) is 9.31. The number of carbonyl (C=O) groups excluding carboxylic acids is 3. The van der Waals surface area contributed by atoms with Crippen LogP contribution in [0.1, 0.15) is 49.3 Å². The molecule has 0 bridgehead atoms. The van der Waals surface area contributed by atoms with Gasteiger partial charge in [0.25, 0.3) is 0 Å². The molecule has 0 atom stereocenters. The van der Waals surface area contributed by atoms with Gasteiger partial charge in [0.1, 0.15) is 11.5 Å². The number of cyclic esters (lactones) is 1. The molecule has 0 unspecified atom stereocenters. The Kier molecular flexibility index (Phi) is 9.30. The fourth-order valence-corrected chi connectivity index (χ4v) is 5.79. The number of carbonyl (C=O) groups is 3. The Hall–Kier alpha value is -5.43. The summed E-state index contributed by atoms with van der Waals surface area (Å²) in [6.45, 7) is 3.63. The summed E-state index contributed by atoms with van der Waals surface area (Å²) in [6.07, 6.45) is 5.98. The molecule has 48 heavy (non-hydrogen) atoms. The minimum Gasteiger partial charge on any atom is -0.441 e. The Morgan fingerprint density at radius 2 is 1.10 bits per heavy atom. The van der Waals surface area contributed by atoms with E-state index in [9.17, 15) is 14.4 Å². The maximum atomic E-state index is 13.2. The highest BCUT2D eigenvalue weighted by molar-refractivity contribution is 6.30. The third kappa shape index (κ3) is 6.81. The molecule has 5 aromatic carbocycles. The van der Waals surface area contributed by atoms with Gasteiger partial charge in [-0.15, -0.1) is 0 Å². The molecular formula is C40H28Cl2O6. The lowest BCUT2D eigenvalue weighted by Gasteiger charge is -2.31. The Balaban J connectivity index is 1.29. The second kappa shape index (κ2) is 13.7. The average Bonchev–Trinajstić information content (AvgIpc) is 3.39. The van der Waals surface area contributed by atoms with Crippen LogP contribution in [0.15, 0.2) is 121 Å².